The number of rotatable bonds is 7. The van der Waals surface area contributed by atoms with Gasteiger partial charge >= 0.3 is 0 Å². The van der Waals surface area contributed by atoms with Crippen LogP contribution in [0.15, 0.2) is 231 Å². The lowest BCUT2D eigenvalue weighted by Gasteiger charge is -2.34. The number of nitrogens with zero attached hydrogens (tertiary/aromatic N) is 2. The average Bonchev–Trinajstić information content (AvgIpc) is 3.88. The lowest BCUT2D eigenvalue weighted by atomic mass is 9.67. The van der Waals surface area contributed by atoms with Crippen LogP contribution in [0.3, 0.4) is 0 Å². The molecule has 2 heterocycles. The van der Waals surface area contributed by atoms with E-state index in [9.17, 15) is 0 Å². The lowest BCUT2D eigenvalue weighted by molar-refractivity contribution is 0.768. The fourth-order valence-electron chi connectivity index (χ4n) is 9.78. The summed E-state index contributed by atoms with van der Waals surface area (Å²) in [5, 5.41) is 2.60. The Morgan fingerprint density at radius 3 is 1.60 bits per heavy atom. The minimum absolute atomic E-state index is 0.448. The molecule has 62 heavy (non-hydrogen) atoms. The molecule has 1 aliphatic carbocycles. The second kappa shape index (κ2) is 14.8. The summed E-state index contributed by atoms with van der Waals surface area (Å²) in [5.41, 5.74) is 16.7. The maximum absolute atomic E-state index is 5.29. The first-order valence-electron chi connectivity index (χ1n) is 21.1. The standard InChI is InChI=1S/C59H38N2S/c1-3-16-40(17-4-1)58-60-54(43-19-15-18-41(36-43)42-32-35-57-51(37-42)50-26-11-14-29-56(50)62-57)38-55(61-58)49-25-8-7-22-46(49)39-30-33-45(34-31-39)59(44-20-5-2-6-21-44)52-27-12-9-23-47(52)48-24-10-13-28-53(48)59/h1-38H. The third-order valence-corrected chi connectivity index (χ3v) is 13.8. The second-order valence-electron chi connectivity index (χ2n) is 16.0. The van der Waals surface area contributed by atoms with Gasteiger partial charge in [0.1, 0.15) is 0 Å². The van der Waals surface area contributed by atoms with Crippen LogP contribution in [0.1, 0.15) is 22.3 Å². The van der Waals surface area contributed by atoms with E-state index >= 15 is 0 Å². The number of hydrogen-bond acceptors (Lipinski definition) is 3. The molecule has 2 aromatic heterocycles. The number of fused-ring (bicyclic) bond motifs is 6. The van der Waals surface area contributed by atoms with Crippen molar-refractivity contribution in [2.75, 3.05) is 0 Å². The molecule has 0 atom stereocenters. The van der Waals surface area contributed by atoms with Gasteiger partial charge in [0.05, 0.1) is 16.8 Å². The quantitative estimate of drug-likeness (QED) is 0.160. The molecule has 1 aliphatic rings. The van der Waals surface area contributed by atoms with Gasteiger partial charge in [0, 0.05) is 36.9 Å². The predicted octanol–water partition coefficient (Wildman–Crippen LogP) is 15.5. The molecule has 3 heteroatoms. The highest BCUT2D eigenvalue weighted by molar-refractivity contribution is 7.25. The van der Waals surface area contributed by atoms with E-state index in [-0.39, 0.29) is 0 Å². The monoisotopic (exact) mass is 806 g/mol. The van der Waals surface area contributed by atoms with Crippen LogP contribution in [0.25, 0.3) is 87.5 Å². The van der Waals surface area contributed by atoms with Crippen LogP contribution in [-0.4, -0.2) is 9.97 Å². The first kappa shape index (κ1) is 36.2. The molecule has 0 bridgehead atoms. The Balaban J connectivity index is 0.978. The van der Waals surface area contributed by atoms with Crippen molar-refractivity contribution in [1.29, 1.82) is 0 Å². The maximum atomic E-state index is 5.29. The van der Waals surface area contributed by atoms with Crippen molar-refractivity contribution in [1.82, 2.24) is 9.97 Å². The summed E-state index contributed by atoms with van der Waals surface area (Å²) in [5.74, 6) is 0.697. The average molecular weight is 807 g/mol. The van der Waals surface area contributed by atoms with Crippen molar-refractivity contribution in [2.24, 2.45) is 0 Å². The van der Waals surface area contributed by atoms with Crippen LogP contribution in [0.5, 0.6) is 0 Å². The lowest BCUT2D eigenvalue weighted by Crippen LogP contribution is -2.28. The van der Waals surface area contributed by atoms with Crippen LogP contribution in [0.4, 0.5) is 0 Å². The molecule has 9 aromatic carbocycles. The summed E-state index contributed by atoms with van der Waals surface area (Å²) < 4.78 is 2.62. The van der Waals surface area contributed by atoms with Gasteiger partial charge in [-0.2, -0.15) is 0 Å². The summed E-state index contributed by atoms with van der Waals surface area (Å²) >= 11 is 1.85. The zero-order valence-electron chi connectivity index (χ0n) is 33.7. The Morgan fingerprint density at radius 2 is 0.839 bits per heavy atom. The normalized spacial score (nSPS) is 12.6. The first-order valence-corrected chi connectivity index (χ1v) is 22.0. The van der Waals surface area contributed by atoms with Crippen LogP contribution in [-0.2, 0) is 5.41 Å². The van der Waals surface area contributed by atoms with Gasteiger partial charge in [-0.25, -0.2) is 9.97 Å². The summed E-state index contributed by atoms with van der Waals surface area (Å²) in [7, 11) is 0. The van der Waals surface area contributed by atoms with Gasteiger partial charge in [0.2, 0.25) is 0 Å². The second-order valence-corrected chi connectivity index (χ2v) is 17.1. The summed E-state index contributed by atoms with van der Waals surface area (Å²) in [6.07, 6.45) is 0. The minimum Gasteiger partial charge on any atom is -0.228 e. The molecule has 11 aromatic rings. The third-order valence-electron chi connectivity index (χ3n) is 12.6. The fourth-order valence-corrected chi connectivity index (χ4v) is 10.9. The van der Waals surface area contributed by atoms with Gasteiger partial charge in [-0.15, -0.1) is 11.3 Å². The Bertz CT molecular complexity index is 3410. The highest BCUT2D eigenvalue weighted by Crippen LogP contribution is 2.56. The highest BCUT2D eigenvalue weighted by Gasteiger charge is 2.45. The number of aromatic nitrogens is 2. The molecule has 0 amide bonds. The van der Waals surface area contributed by atoms with Crippen LogP contribution in [0, 0.1) is 0 Å². The van der Waals surface area contributed by atoms with Crippen molar-refractivity contribution in [3.63, 3.8) is 0 Å². The number of hydrogen-bond donors (Lipinski definition) is 0. The Kier molecular flexibility index (Phi) is 8.62. The molecule has 290 valence electrons. The van der Waals surface area contributed by atoms with Gasteiger partial charge < -0.3 is 0 Å². The van der Waals surface area contributed by atoms with Gasteiger partial charge in [0.25, 0.3) is 0 Å². The van der Waals surface area contributed by atoms with Crippen molar-refractivity contribution in [2.45, 2.75) is 5.41 Å². The Labute approximate surface area is 365 Å². The van der Waals surface area contributed by atoms with Gasteiger partial charge in [-0.1, -0.05) is 200 Å². The van der Waals surface area contributed by atoms with Crippen molar-refractivity contribution in [3.8, 4) is 67.3 Å². The molecule has 12 rings (SSSR count). The molecule has 0 aliphatic heterocycles. The molecular formula is C59H38N2S. The van der Waals surface area contributed by atoms with E-state index < -0.39 is 5.41 Å². The van der Waals surface area contributed by atoms with Crippen LogP contribution in [0.2, 0.25) is 0 Å². The zero-order chi connectivity index (χ0) is 41.0. The van der Waals surface area contributed by atoms with Crippen molar-refractivity contribution < 1.29 is 0 Å². The van der Waals surface area contributed by atoms with Gasteiger partial charge in [-0.05, 0) is 86.0 Å². The van der Waals surface area contributed by atoms with E-state index in [0.717, 1.165) is 44.8 Å². The molecule has 2 nitrogen and oxygen atoms in total. The van der Waals surface area contributed by atoms with E-state index in [4.69, 9.17) is 9.97 Å². The van der Waals surface area contributed by atoms with Crippen LogP contribution < -0.4 is 0 Å². The van der Waals surface area contributed by atoms with E-state index in [1.54, 1.807) is 0 Å². The predicted molar refractivity (Wildman–Crippen MR) is 259 cm³/mol. The summed E-state index contributed by atoms with van der Waals surface area (Å²) in [6.45, 7) is 0. The molecule has 0 saturated carbocycles. The fraction of sp³-hybridized carbons (Fsp3) is 0.0169. The molecule has 0 spiro atoms. The third kappa shape index (κ3) is 5.85. The SMILES string of the molecule is c1ccc(-c2nc(-c3cccc(-c4ccc5sc6ccccc6c5c4)c3)cc(-c3ccccc3-c3ccc(C4(c5ccccc5)c5ccccc5-c5ccccc54)cc3)n2)cc1. The van der Waals surface area contributed by atoms with E-state index in [1.807, 2.05) is 17.4 Å². The van der Waals surface area contributed by atoms with E-state index in [1.165, 1.54) is 59.1 Å². The Morgan fingerprint density at radius 1 is 0.306 bits per heavy atom. The maximum Gasteiger partial charge on any atom is 0.160 e. The van der Waals surface area contributed by atoms with Crippen molar-refractivity contribution >= 4 is 31.5 Å². The smallest absolute Gasteiger partial charge is 0.160 e. The van der Waals surface area contributed by atoms with Crippen LogP contribution >= 0.6 is 11.3 Å². The summed E-state index contributed by atoms with van der Waals surface area (Å²) in [6, 6.07) is 83.4. The molecule has 0 fully saturated rings. The summed E-state index contributed by atoms with van der Waals surface area (Å²) in [4.78, 5) is 10.5. The van der Waals surface area contributed by atoms with Gasteiger partial charge in [-0.3, -0.25) is 0 Å². The first-order chi connectivity index (χ1) is 30.7. The highest BCUT2D eigenvalue weighted by atomic mass is 32.1. The Hall–Kier alpha value is -7.72. The van der Waals surface area contributed by atoms with Gasteiger partial charge in [0.15, 0.2) is 5.82 Å². The largest absolute Gasteiger partial charge is 0.228 e. The van der Waals surface area contributed by atoms with Crippen molar-refractivity contribution in [3.05, 3.63) is 253 Å². The molecule has 0 radical (unpaired) electrons. The molecular weight excluding hydrogens is 769 g/mol. The van der Waals surface area contributed by atoms with E-state index in [0.29, 0.717) is 5.82 Å². The number of benzene rings is 9. The molecule has 0 unspecified atom stereocenters. The molecule has 0 N–H and O–H groups in total. The topological polar surface area (TPSA) is 25.8 Å². The molecule has 0 saturated heterocycles. The zero-order valence-corrected chi connectivity index (χ0v) is 34.6. The van der Waals surface area contributed by atoms with E-state index in [2.05, 4.69) is 224 Å². The minimum atomic E-state index is -0.448. The number of thiophene rings is 1.